The van der Waals surface area contributed by atoms with Gasteiger partial charge in [0.05, 0.1) is 12.0 Å². The van der Waals surface area contributed by atoms with Gasteiger partial charge in [0.1, 0.15) is 11.6 Å². The van der Waals surface area contributed by atoms with Crippen LogP contribution < -0.4 is 10.6 Å². The maximum atomic E-state index is 13.7. The van der Waals surface area contributed by atoms with Gasteiger partial charge in [-0.25, -0.2) is 4.98 Å². The SMILES string of the molecule is O=C(N[C@@H](Cc1cn(C(c2ccccc2)(c2ccccc2)c2ccccc2)cn1)C(=O)NCCc1ccc(O)c(O)c1)c1ccc(O)c(O)c1. The molecule has 6 aromatic rings. The molecule has 6 N–H and O–H groups in total. The Balaban J connectivity index is 1.33. The van der Waals surface area contributed by atoms with Crippen molar-refractivity contribution in [1.82, 2.24) is 20.2 Å². The van der Waals surface area contributed by atoms with Crippen molar-refractivity contribution in [3.8, 4) is 23.0 Å². The Kier molecular flexibility index (Phi) is 9.80. The highest BCUT2D eigenvalue weighted by atomic mass is 16.3. The summed E-state index contributed by atoms with van der Waals surface area (Å²) in [4.78, 5) is 31.8. The van der Waals surface area contributed by atoms with Gasteiger partial charge in [-0.1, -0.05) is 97.1 Å². The summed E-state index contributed by atoms with van der Waals surface area (Å²) >= 11 is 0. The second-order valence-corrected chi connectivity index (χ2v) is 11.9. The fraction of sp³-hybridized carbons (Fsp3) is 0.125. The average molecular weight is 669 g/mol. The Hall–Kier alpha value is -6.55. The monoisotopic (exact) mass is 668 g/mol. The Morgan fingerprint density at radius 1 is 0.680 bits per heavy atom. The minimum Gasteiger partial charge on any atom is -0.504 e. The Labute approximate surface area is 289 Å². The summed E-state index contributed by atoms with van der Waals surface area (Å²) in [7, 11) is 0. The minimum atomic E-state index is -1.07. The van der Waals surface area contributed by atoms with Gasteiger partial charge in [-0.2, -0.15) is 0 Å². The number of amides is 2. The van der Waals surface area contributed by atoms with Crippen LogP contribution in [-0.4, -0.2) is 54.4 Å². The molecule has 10 nitrogen and oxygen atoms in total. The molecule has 2 amide bonds. The third kappa shape index (κ3) is 7.00. The van der Waals surface area contributed by atoms with Crippen molar-refractivity contribution in [2.45, 2.75) is 24.4 Å². The maximum absolute atomic E-state index is 13.7. The van der Waals surface area contributed by atoms with Crippen molar-refractivity contribution in [2.75, 3.05) is 6.54 Å². The summed E-state index contributed by atoms with van der Waals surface area (Å²) in [6.07, 6.45) is 4.00. The van der Waals surface area contributed by atoms with Gasteiger partial charge in [-0.15, -0.1) is 0 Å². The van der Waals surface area contributed by atoms with Crippen LogP contribution in [0.3, 0.4) is 0 Å². The van der Waals surface area contributed by atoms with Crippen LogP contribution in [0.25, 0.3) is 0 Å². The molecule has 0 saturated heterocycles. The molecule has 50 heavy (non-hydrogen) atoms. The van der Waals surface area contributed by atoms with Crippen LogP contribution >= 0.6 is 0 Å². The summed E-state index contributed by atoms with van der Waals surface area (Å²) in [6, 6.07) is 37.3. The van der Waals surface area contributed by atoms with Gasteiger partial charge in [-0.05, 0) is 59.0 Å². The largest absolute Gasteiger partial charge is 0.504 e. The van der Waals surface area contributed by atoms with Crippen LogP contribution in [0, 0.1) is 0 Å². The second-order valence-electron chi connectivity index (χ2n) is 11.9. The molecule has 252 valence electrons. The molecule has 1 heterocycles. The molecule has 0 aliphatic heterocycles. The zero-order valence-electron chi connectivity index (χ0n) is 27.0. The zero-order chi connectivity index (χ0) is 35.1. The number of nitrogens with zero attached hydrogens (tertiary/aromatic N) is 2. The molecular weight excluding hydrogens is 632 g/mol. The normalized spacial score (nSPS) is 11.8. The molecule has 0 saturated carbocycles. The van der Waals surface area contributed by atoms with Crippen molar-refractivity contribution in [1.29, 1.82) is 0 Å². The van der Waals surface area contributed by atoms with E-state index in [1.54, 1.807) is 12.4 Å². The predicted octanol–water partition coefficient (Wildman–Crippen LogP) is 5.25. The molecule has 0 spiro atoms. The van der Waals surface area contributed by atoms with Gasteiger partial charge in [0, 0.05) is 24.7 Å². The van der Waals surface area contributed by atoms with E-state index in [2.05, 4.69) is 47.0 Å². The molecule has 0 aliphatic carbocycles. The summed E-state index contributed by atoms with van der Waals surface area (Å²) in [5.41, 5.74) is 3.45. The maximum Gasteiger partial charge on any atom is 0.252 e. The molecule has 0 aliphatic rings. The van der Waals surface area contributed by atoms with Crippen LogP contribution in [0.2, 0.25) is 0 Å². The van der Waals surface area contributed by atoms with Crippen molar-refractivity contribution < 1.29 is 30.0 Å². The van der Waals surface area contributed by atoms with E-state index in [0.29, 0.717) is 17.7 Å². The predicted molar refractivity (Wildman–Crippen MR) is 188 cm³/mol. The molecule has 1 atom stereocenters. The fourth-order valence-corrected chi connectivity index (χ4v) is 6.14. The number of carbonyl (C=O) groups excluding carboxylic acids is 2. The number of rotatable bonds is 12. The van der Waals surface area contributed by atoms with E-state index in [0.717, 1.165) is 22.8 Å². The smallest absolute Gasteiger partial charge is 0.252 e. The summed E-state index contributed by atoms with van der Waals surface area (Å²) in [6.45, 7) is 0.184. The molecule has 0 radical (unpaired) electrons. The van der Waals surface area contributed by atoms with Crippen LogP contribution in [-0.2, 0) is 23.2 Å². The quantitative estimate of drug-likeness (QED) is 0.0769. The van der Waals surface area contributed by atoms with Gasteiger partial charge in [0.2, 0.25) is 5.91 Å². The lowest BCUT2D eigenvalue weighted by molar-refractivity contribution is -0.122. The first-order chi connectivity index (χ1) is 24.3. The van der Waals surface area contributed by atoms with E-state index in [1.807, 2.05) is 65.4 Å². The van der Waals surface area contributed by atoms with E-state index in [9.17, 15) is 30.0 Å². The number of aromatic hydroxyl groups is 4. The standard InChI is InChI=1S/C40H36N4O6/c45-34-18-16-27(22-36(34)47)20-21-41-39(50)33(43-38(49)28-17-19-35(46)37(48)23-28)24-32-25-44(26-42-32)40(29-10-4-1-5-11-29,30-12-6-2-7-13-30)31-14-8-3-9-15-31/h1-19,22-23,25-26,33,45-48H,20-21,24H2,(H,41,50)(H,43,49)/t33-/m0/s1. The van der Waals surface area contributed by atoms with Gasteiger partial charge in [-0.3, -0.25) is 9.59 Å². The molecule has 0 bridgehead atoms. The van der Waals surface area contributed by atoms with Gasteiger partial charge in [0.25, 0.3) is 5.91 Å². The summed E-state index contributed by atoms with van der Waals surface area (Å²) in [5, 5.41) is 44.8. The first-order valence-electron chi connectivity index (χ1n) is 16.1. The number of hydrogen-bond donors (Lipinski definition) is 6. The topological polar surface area (TPSA) is 157 Å². The number of aromatic nitrogens is 2. The van der Waals surface area contributed by atoms with Crippen molar-refractivity contribution in [3.05, 3.63) is 173 Å². The number of imidazole rings is 1. The fourth-order valence-electron chi connectivity index (χ4n) is 6.14. The van der Waals surface area contributed by atoms with Crippen LogP contribution in [0.5, 0.6) is 23.0 Å². The van der Waals surface area contributed by atoms with E-state index in [-0.39, 0.29) is 35.8 Å². The first kappa shape index (κ1) is 33.4. The number of phenolic OH excluding ortho intramolecular Hbond substituents is 4. The molecular formula is C40H36N4O6. The summed E-state index contributed by atoms with van der Waals surface area (Å²) < 4.78 is 2.02. The van der Waals surface area contributed by atoms with Gasteiger partial charge < -0.3 is 35.6 Å². The highest BCUT2D eigenvalue weighted by molar-refractivity contribution is 5.98. The Bertz CT molecular complexity index is 1990. The Morgan fingerprint density at radius 3 is 1.76 bits per heavy atom. The zero-order valence-corrected chi connectivity index (χ0v) is 27.0. The van der Waals surface area contributed by atoms with Crippen molar-refractivity contribution in [3.63, 3.8) is 0 Å². The van der Waals surface area contributed by atoms with Gasteiger partial charge in [0.15, 0.2) is 23.0 Å². The van der Waals surface area contributed by atoms with Crippen LogP contribution in [0.4, 0.5) is 0 Å². The minimum absolute atomic E-state index is 0.0308. The molecule has 0 unspecified atom stereocenters. The molecule has 0 fully saturated rings. The van der Waals surface area contributed by atoms with Crippen LogP contribution in [0.1, 0.15) is 38.3 Å². The Morgan fingerprint density at radius 2 is 1.22 bits per heavy atom. The van der Waals surface area contributed by atoms with E-state index >= 15 is 0 Å². The average Bonchev–Trinajstić information content (AvgIpc) is 3.61. The number of hydrogen-bond acceptors (Lipinski definition) is 7. The van der Waals surface area contributed by atoms with E-state index in [1.165, 1.54) is 24.3 Å². The van der Waals surface area contributed by atoms with Crippen molar-refractivity contribution in [2.24, 2.45) is 0 Å². The number of phenols is 4. The molecule has 10 heteroatoms. The lowest BCUT2D eigenvalue weighted by Crippen LogP contribution is -2.48. The lowest BCUT2D eigenvalue weighted by Gasteiger charge is -2.37. The highest BCUT2D eigenvalue weighted by Gasteiger charge is 2.38. The number of benzene rings is 5. The van der Waals surface area contributed by atoms with Gasteiger partial charge >= 0.3 is 0 Å². The number of nitrogens with one attached hydrogen (secondary N) is 2. The van der Waals surface area contributed by atoms with E-state index < -0.39 is 29.1 Å². The second kappa shape index (κ2) is 14.7. The first-order valence-corrected chi connectivity index (χ1v) is 16.1. The van der Waals surface area contributed by atoms with Crippen LogP contribution in [0.15, 0.2) is 140 Å². The number of carbonyl (C=O) groups is 2. The summed E-state index contributed by atoms with van der Waals surface area (Å²) in [5.74, 6) is -2.44. The molecule has 1 aromatic heterocycles. The third-order valence-electron chi connectivity index (χ3n) is 8.62. The highest BCUT2D eigenvalue weighted by Crippen LogP contribution is 2.40. The van der Waals surface area contributed by atoms with E-state index in [4.69, 9.17) is 4.98 Å². The molecule has 5 aromatic carbocycles. The molecule has 6 rings (SSSR count). The lowest BCUT2D eigenvalue weighted by atomic mass is 9.77. The van der Waals surface area contributed by atoms with Crippen molar-refractivity contribution >= 4 is 11.8 Å². The third-order valence-corrected chi connectivity index (χ3v) is 8.62.